The van der Waals surface area contributed by atoms with Crippen LogP contribution in [0.3, 0.4) is 0 Å². The molecule has 2 rings (SSSR count). The second-order valence-corrected chi connectivity index (χ2v) is 4.88. The number of aliphatic hydroxyl groups is 1. The van der Waals surface area contributed by atoms with Gasteiger partial charge in [-0.15, -0.1) is 0 Å². The van der Waals surface area contributed by atoms with Crippen LogP contribution < -0.4 is 0 Å². The molecule has 2 unspecified atom stereocenters. The number of hydrogen-bond acceptors (Lipinski definition) is 3. The van der Waals surface area contributed by atoms with Crippen LogP contribution in [-0.4, -0.2) is 34.0 Å². The number of aromatic nitrogens is 2. The topological polar surface area (TPSA) is 47.3 Å². The summed E-state index contributed by atoms with van der Waals surface area (Å²) in [5.74, 6) is 0.930. The summed E-state index contributed by atoms with van der Waals surface area (Å²) in [6.45, 7) is 4.94. The largest absolute Gasteiger partial charge is 0.390 e. The zero-order chi connectivity index (χ0) is 13.8. The number of hydrogen-bond donors (Lipinski definition) is 1. The van der Waals surface area contributed by atoms with Crippen molar-refractivity contribution in [2.75, 3.05) is 7.11 Å². The molecule has 104 valence electrons. The minimum Gasteiger partial charge on any atom is -0.390 e. The lowest BCUT2D eigenvalue weighted by atomic mass is 10.1. The van der Waals surface area contributed by atoms with Gasteiger partial charge in [0.2, 0.25) is 0 Å². The van der Waals surface area contributed by atoms with Gasteiger partial charge in [-0.25, -0.2) is 4.98 Å². The van der Waals surface area contributed by atoms with Gasteiger partial charge in [0, 0.05) is 20.1 Å². The van der Waals surface area contributed by atoms with Crippen LogP contribution in [0.2, 0.25) is 0 Å². The highest BCUT2D eigenvalue weighted by atomic mass is 16.5. The molecule has 1 heterocycles. The zero-order valence-electron chi connectivity index (χ0n) is 11.8. The molecule has 19 heavy (non-hydrogen) atoms. The van der Waals surface area contributed by atoms with Crippen LogP contribution in [0.15, 0.2) is 24.3 Å². The number of para-hydroxylation sites is 2. The van der Waals surface area contributed by atoms with Gasteiger partial charge >= 0.3 is 0 Å². The average Bonchev–Trinajstić information content (AvgIpc) is 2.76. The number of ether oxygens (including phenoxy) is 1. The highest BCUT2D eigenvalue weighted by Gasteiger charge is 2.18. The molecule has 4 heteroatoms. The Bertz CT molecular complexity index is 536. The molecule has 0 fully saturated rings. The van der Waals surface area contributed by atoms with Crippen molar-refractivity contribution in [3.8, 4) is 0 Å². The van der Waals surface area contributed by atoms with Gasteiger partial charge in [0.1, 0.15) is 5.82 Å². The van der Waals surface area contributed by atoms with E-state index in [9.17, 15) is 5.11 Å². The van der Waals surface area contributed by atoms with Crippen molar-refractivity contribution >= 4 is 11.0 Å². The molecule has 1 aromatic carbocycles. The molecule has 1 aromatic heterocycles. The summed E-state index contributed by atoms with van der Waals surface area (Å²) in [5, 5.41) is 10.1. The number of rotatable bonds is 6. The van der Waals surface area contributed by atoms with Crippen molar-refractivity contribution in [3.05, 3.63) is 30.1 Å². The Balaban J connectivity index is 2.33. The van der Waals surface area contributed by atoms with Gasteiger partial charge < -0.3 is 14.4 Å². The Hall–Kier alpha value is -1.39. The second kappa shape index (κ2) is 6.17. The fourth-order valence-electron chi connectivity index (χ4n) is 2.26. The van der Waals surface area contributed by atoms with Gasteiger partial charge in [-0.3, -0.25) is 0 Å². The Morgan fingerprint density at radius 3 is 2.79 bits per heavy atom. The molecule has 0 bridgehead atoms. The van der Waals surface area contributed by atoms with Gasteiger partial charge in [0.05, 0.1) is 23.2 Å². The van der Waals surface area contributed by atoms with E-state index in [1.54, 1.807) is 7.11 Å². The summed E-state index contributed by atoms with van der Waals surface area (Å²) in [6, 6.07) is 8.10. The van der Waals surface area contributed by atoms with Gasteiger partial charge in [-0.1, -0.05) is 19.1 Å². The fraction of sp³-hybridized carbons (Fsp3) is 0.533. The van der Waals surface area contributed by atoms with E-state index in [0.29, 0.717) is 6.42 Å². The van der Waals surface area contributed by atoms with Crippen molar-refractivity contribution in [2.24, 2.45) is 0 Å². The molecule has 0 aliphatic rings. The number of benzene rings is 1. The first-order valence-corrected chi connectivity index (χ1v) is 6.82. The van der Waals surface area contributed by atoms with E-state index in [4.69, 9.17) is 4.74 Å². The van der Waals surface area contributed by atoms with E-state index >= 15 is 0 Å². The monoisotopic (exact) mass is 262 g/mol. The summed E-state index contributed by atoms with van der Waals surface area (Å²) in [6.07, 6.45) is 0.847. The number of aryl methyl sites for hydroxylation is 1. The highest BCUT2D eigenvalue weighted by Crippen LogP contribution is 2.18. The van der Waals surface area contributed by atoms with E-state index in [1.165, 1.54) is 0 Å². The SMILES string of the molecule is CCCn1c(CC(O)C(C)OC)nc2ccccc21. The van der Waals surface area contributed by atoms with Gasteiger partial charge in [-0.05, 0) is 25.5 Å². The molecule has 2 atom stereocenters. The molecule has 4 nitrogen and oxygen atoms in total. The first kappa shape index (κ1) is 14.0. The Kier molecular flexibility index (Phi) is 4.56. The van der Waals surface area contributed by atoms with Crippen molar-refractivity contribution in [2.45, 2.75) is 45.4 Å². The second-order valence-electron chi connectivity index (χ2n) is 4.88. The van der Waals surface area contributed by atoms with Crippen molar-refractivity contribution in [1.82, 2.24) is 9.55 Å². The molecular weight excluding hydrogens is 240 g/mol. The molecule has 0 spiro atoms. The molecule has 0 amide bonds. The lowest BCUT2D eigenvalue weighted by Crippen LogP contribution is -2.28. The number of aliphatic hydroxyl groups excluding tert-OH is 1. The lowest BCUT2D eigenvalue weighted by molar-refractivity contribution is -0.000856. The highest BCUT2D eigenvalue weighted by molar-refractivity contribution is 5.75. The fourth-order valence-corrected chi connectivity index (χ4v) is 2.26. The first-order chi connectivity index (χ1) is 9.17. The third-order valence-corrected chi connectivity index (χ3v) is 3.49. The maximum absolute atomic E-state index is 10.1. The maximum atomic E-state index is 10.1. The van der Waals surface area contributed by atoms with Crippen LogP contribution in [0.25, 0.3) is 11.0 Å². The molecule has 2 aromatic rings. The minimum absolute atomic E-state index is 0.185. The van der Waals surface area contributed by atoms with Crippen LogP contribution in [-0.2, 0) is 17.7 Å². The van der Waals surface area contributed by atoms with Crippen LogP contribution in [0.4, 0.5) is 0 Å². The lowest BCUT2D eigenvalue weighted by Gasteiger charge is -2.17. The Morgan fingerprint density at radius 2 is 2.11 bits per heavy atom. The molecular formula is C15H22N2O2. The summed E-state index contributed by atoms with van der Waals surface area (Å²) < 4.78 is 7.37. The van der Waals surface area contributed by atoms with Crippen LogP contribution in [0, 0.1) is 0 Å². The van der Waals surface area contributed by atoms with Crippen molar-refractivity contribution in [3.63, 3.8) is 0 Å². The summed E-state index contributed by atoms with van der Waals surface area (Å²) in [7, 11) is 1.61. The van der Waals surface area contributed by atoms with Crippen molar-refractivity contribution < 1.29 is 9.84 Å². The molecule has 0 aliphatic heterocycles. The minimum atomic E-state index is -0.530. The predicted molar refractivity (Wildman–Crippen MR) is 76.2 cm³/mol. The number of nitrogens with zero attached hydrogens (tertiary/aromatic N) is 2. The summed E-state index contributed by atoms with van der Waals surface area (Å²) in [5.41, 5.74) is 2.12. The van der Waals surface area contributed by atoms with Crippen molar-refractivity contribution in [1.29, 1.82) is 0 Å². The van der Waals surface area contributed by atoms with Gasteiger partial charge in [0.25, 0.3) is 0 Å². The zero-order valence-corrected chi connectivity index (χ0v) is 11.8. The third kappa shape index (κ3) is 2.96. The van der Waals surface area contributed by atoms with Gasteiger partial charge in [-0.2, -0.15) is 0 Å². The first-order valence-electron chi connectivity index (χ1n) is 6.82. The molecule has 0 radical (unpaired) electrons. The van der Waals surface area contributed by atoms with Crippen LogP contribution >= 0.6 is 0 Å². The van der Waals surface area contributed by atoms with Gasteiger partial charge in [0.15, 0.2) is 0 Å². The third-order valence-electron chi connectivity index (χ3n) is 3.49. The Labute approximate surface area is 114 Å². The average molecular weight is 262 g/mol. The number of fused-ring (bicyclic) bond motifs is 1. The van der Waals surface area contributed by atoms with Crippen LogP contribution in [0.1, 0.15) is 26.1 Å². The van der Waals surface area contributed by atoms with E-state index in [2.05, 4.69) is 22.5 Å². The molecule has 0 saturated carbocycles. The summed E-state index contributed by atoms with van der Waals surface area (Å²) >= 11 is 0. The summed E-state index contributed by atoms with van der Waals surface area (Å²) in [4.78, 5) is 4.64. The quantitative estimate of drug-likeness (QED) is 0.869. The standard InChI is InChI=1S/C15H22N2O2/c1-4-9-17-13-8-6-5-7-12(13)16-15(17)10-14(18)11(2)19-3/h5-8,11,14,18H,4,9-10H2,1-3H3. The molecule has 0 aliphatic carbocycles. The predicted octanol–water partition coefficient (Wildman–Crippen LogP) is 2.38. The van der Waals surface area contributed by atoms with Crippen LogP contribution in [0.5, 0.6) is 0 Å². The Morgan fingerprint density at radius 1 is 1.37 bits per heavy atom. The van der Waals surface area contributed by atoms with E-state index in [-0.39, 0.29) is 6.10 Å². The number of imidazole rings is 1. The molecule has 0 saturated heterocycles. The molecule has 1 N–H and O–H groups in total. The number of methoxy groups -OCH3 is 1. The maximum Gasteiger partial charge on any atom is 0.112 e. The van der Waals surface area contributed by atoms with E-state index in [0.717, 1.165) is 29.8 Å². The van der Waals surface area contributed by atoms with E-state index < -0.39 is 6.10 Å². The normalized spacial score (nSPS) is 14.7. The van der Waals surface area contributed by atoms with E-state index in [1.807, 2.05) is 25.1 Å². The smallest absolute Gasteiger partial charge is 0.112 e.